The minimum Gasteiger partial charge on any atom is -0.469 e. The third-order valence-corrected chi connectivity index (χ3v) is 1.02. The molecule has 0 aromatic carbocycles. The van der Waals surface area contributed by atoms with Gasteiger partial charge in [-0.25, -0.2) is 0 Å². The van der Waals surface area contributed by atoms with Crippen molar-refractivity contribution < 1.29 is 19.1 Å². The number of ether oxygens (including phenoxy) is 2. The highest BCUT2D eigenvalue weighted by Gasteiger charge is 2.04. The normalized spacial score (nSPS) is 8.33. The molecule has 0 saturated heterocycles. The summed E-state index contributed by atoms with van der Waals surface area (Å²) in [6.45, 7) is -0.0345. The number of nitriles is 1. The average molecular weight is 171 g/mol. The Hall–Kier alpha value is -1.57. The molecule has 66 valence electrons. The molecule has 5 heteroatoms. The Kier molecular flexibility index (Phi) is 5.35. The lowest BCUT2D eigenvalue weighted by atomic mass is 10.4. The van der Waals surface area contributed by atoms with Crippen LogP contribution in [0, 0.1) is 11.3 Å². The monoisotopic (exact) mass is 171 g/mol. The van der Waals surface area contributed by atoms with Crippen LogP contribution in [0.15, 0.2) is 0 Å². The van der Waals surface area contributed by atoms with Crippen LogP contribution in [0.25, 0.3) is 0 Å². The van der Waals surface area contributed by atoms with Crippen LogP contribution < -0.4 is 0 Å². The van der Waals surface area contributed by atoms with Crippen molar-refractivity contribution in [1.29, 1.82) is 5.26 Å². The van der Waals surface area contributed by atoms with Crippen LogP contribution in [0.3, 0.4) is 0 Å². The zero-order valence-corrected chi connectivity index (χ0v) is 6.70. The van der Waals surface area contributed by atoms with Crippen LogP contribution >= 0.6 is 0 Å². The maximum absolute atomic E-state index is 10.5. The Morgan fingerprint density at radius 2 is 2.08 bits per heavy atom. The first-order chi connectivity index (χ1) is 5.70. The molecule has 0 fully saturated rings. The molecule has 0 aliphatic heterocycles. The van der Waals surface area contributed by atoms with E-state index in [1.807, 2.05) is 0 Å². The highest BCUT2D eigenvalue weighted by molar-refractivity contribution is 5.73. The first-order valence-corrected chi connectivity index (χ1v) is 3.30. The van der Waals surface area contributed by atoms with Crippen molar-refractivity contribution >= 4 is 11.9 Å². The summed E-state index contributed by atoms with van der Waals surface area (Å²) in [5.74, 6) is -1.07. The van der Waals surface area contributed by atoms with E-state index >= 15 is 0 Å². The fourth-order valence-corrected chi connectivity index (χ4v) is 0.466. The maximum atomic E-state index is 10.5. The molecular formula is C7H9NO4. The number of hydrogen-bond donors (Lipinski definition) is 0. The molecule has 0 amide bonds. The van der Waals surface area contributed by atoms with E-state index in [1.54, 1.807) is 6.07 Å². The van der Waals surface area contributed by atoms with Crippen molar-refractivity contribution in [3.8, 4) is 6.07 Å². The third-order valence-electron chi connectivity index (χ3n) is 1.02. The predicted molar refractivity (Wildman–Crippen MR) is 37.8 cm³/mol. The zero-order valence-electron chi connectivity index (χ0n) is 6.70. The van der Waals surface area contributed by atoms with Crippen molar-refractivity contribution in [3.05, 3.63) is 0 Å². The van der Waals surface area contributed by atoms with Gasteiger partial charge in [0.1, 0.15) is 13.0 Å². The third kappa shape index (κ3) is 5.23. The lowest BCUT2D eigenvalue weighted by molar-refractivity contribution is -0.147. The zero-order chi connectivity index (χ0) is 9.40. The van der Waals surface area contributed by atoms with Gasteiger partial charge in [0.2, 0.25) is 0 Å². The average Bonchev–Trinajstić information content (AvgIpc) is 2.04. The van der Waals surface area contributed by atoms with E-state index in [4.69, 9.17) is 5.26 Å². The van der Waals surface area contributed by atoms with Gasteiger partial charge in [-0.1, -0.05) is 0 Å². The van der Waals surface area contributed by atoms with Crippen molar-refractivity contribution in [3.63, 3.8) is 0 Å². The summed E-state index contributed by atoms with van der Waals surface area (Å²) in [6, 6.07) is 1.63. The smallest absolute Gasteiger partial charge is 0.320 e. The molecule has 0 aliphatic rings. The second-order valence-electron chi connectivity index (χ2n) is 1.88. The number of carbonyl (C=O) groups is 2. The molecule has 0 rings (SSSR count). The molecule has 0 N–H and O–H groups in total. The Morgan fingerprint density at radius 1 is 1.42 bits per heavy atom. The summed E-state index contributed by atoms with van der Waals surface area (Å²) in [7, 11) is 1.25. The van der Waals surface area contributed by atoms with E-state index in [9.17, 15) is 9.59 Å². The first kappa shape index (κ1) is 10.4. The van der Waals surface area contributed by atoms with E-state index in [1.165, 1.54) is 7.11 Å². The van der Waals surface area contributed by atoms with E-state index in [0.29, 0.717) is 0 Å². The largest absolute Gasteiger partial charge is 0.469 e. The van der Waals surface area contributed by atoms with Crippen LogP contribution in [0.4, 0.5) is 0 Å². The summed E-state index contributed by atoms with van der Waals surface area (Å²) in [4.78, 5) is 21.0. The van der Waals surface area contributed by atoms with E-state index in [0.717, 1.165) is 0 Å². The Labute approximate surface area is 69.9 Å². The molecule has 0 spiro atoms. The van der Waals surface area contributed by atoms with Gasteiger partial charge in [-0.3, -0.25) is 9.59 Å². The van der Waals surface area contributed by atoms with Crippen LogP contribution in [0.2, 0.25) is 0 Å². The highest BCUT2D eigenvalue weighted by Crippen LogP contribution is 1.89. The van der Waals surface area contributed by atoms with Gasteiger partial charge in [-0.15, -0.1) is 0 Å². The molecule has 0 bridgehead atoms. The van der Waals surface area contributed by atoms with Gasteiger partial charge in [0, 0.05) is 0 Å². The van der Waals surface area contributed by atoms with Gasteiger partial charge < -0.3 is 9.47 Å². The highest BCUT2D eigenvalue weighted by atomic mass is 16.5. The standard InChI is InChI=1S/C7H9NO4/c1-11-6(9)3-5-12-7(10)2-4-8/h2-3,5H2,1H3. The molecule has 0 aliphatic carbocycles. The molecule has 0 atom stereocenters. The number of methoxy groups -OCH3 is 1. The summed E-state index contributed by atoms with van der Waals surface area (Å²) in [5.41, 5.74) is 0. The van der Waals surface area contributed by atoms with Crippen molar-refractivity contribution in [2.75, 3.05) is 13.7 Å². The van der Waals surface area contributed by atoms with Crippen LogP contribution in [0.1, 0.15) is 12.8 Å². The predicted octanol–water partition coefficient (Wildman–Crippen LogP) is 0.00638. The van der Waals surface area contributed by atoms with Gasteiger partial charge >= 0.3 is 11.9 Å². The van der Waals surface area contributed by atoms with Gasteiger partial charge in [-0.2, -0.15) is 5.26 Å². The molecule has 0 heterocycles. The lowest BCUT2D eigenvalue weighted by Gasteiger charge is -2.00. The van der Waals surface area contributed by atoms with Crippen LogP contribution in [-0.4, -0.2) is 25.7 Å². The minimum atomic E-state index is -0.624. The fraction of sp³-hybridized carbons (Fsp3) is 0.571. The molecule has 5 nitrogen and oxygen atoms in total. The second kappa shape index (κ2) is 6.16. The van der Waals surface area contributed by atoms with E-state index in [-0.39, 0.29) is 19.4 Å². The number of esters is 2. The van der Waals surface area contributed by atoms with Gasteiger partial charge in [0.25, 0.3) is 0 Å². The Morgan fingerprint density at radius 3 is 2.58 bits per heavy atom. The van der Waals surface area contributed by atoms with Crippen molar-refractivity contribution in [2.24, 2.45) is 0 Å². The van der Waals surface area contributed by atoms with Crippen molar-refractivity contribution in [1.82, 2.24) is 0 Å². The quantitative estimate of drug-likeness (QED) is 0.556. The number of rotatable bonds is 4. The van der Waals surface area contributed by atoms with Gasteiger partial charge in [0.15, 0.2) is 0 Å². The number of carbonyl (C=O) groups excluding carboxylic acids is 2. The summed E-state index contributed by atoms with van der Waals surface area (Å²) < 4.78 is 8.79. The SMILES string of the molecule is COC(=O)CCOC(=O)CC#N. The van der Waals surface area contributed by atoms with E-state index in [2.05, 4.69) is 9.47 Å². The van der Waals surface area contributed by atoms with Crippen molar-refractivity contribution in [2.45, 2.75) is 12.8 Å². The molecule has 0 aromatic heterocycles. The summed E-state index contributed by atoms with van der Waals surface area (Å²) in [6.07, 6.45) is -0.269. The fourth-order valence-electron chi connectivity index (χ4n) is 0.466. The second-order valence-corrected chi connectivity index (χ2v) is 1.88. The Bertz CT molecular complexity index is 206. The lowest BCUT2D eigenvalue weighted by Crippen LogP contribution is -2.09. The topological polar surface area (TPSA) is 76.4 Å². The number of hydrogen-bond acceptors (Lipinski definition) is 5. The molecule has 0 saturated carbocycles. The van der Waals surface area contributed by atoms with E-state index < -0.39 is 11.9 Å². The molecule has 12 heavy (non-hydrogen) atoms. The van der Waals surface area contributed by atoms with Crippen LogP contribution in [-0.2, 0) is 19.1 Å². The minimum absolute atomic E-state index is 0.0215. The Balaban J connectivity index is 3.38. The molecule has 0 unspecified atom stereocenters. The van der Waals surface area contributed by atoms with Gasteiger partial charge in [-0.05, 0) is 0 Å². The van der Waals surface area contributed by atoms with Crippen LogP contribution in [0.5, 0.6) is 0 Å². The number of nitrogens with zero attached hydrogens (tertiary/aromatic N) is 1. The summed E-state index contributed by atoms with van der Waals surface area (Å²) in [5, 5.41) is 8.05. The maximum Gasteiger partial charge on any atom is 0.320 e. The van der Waals surface area contributed by atoms with Gasteiger partial charge in [0.05, 0.1) is 19.6 Å². The molecule has 0 aromatic rings. The molecular weight excluding hydrogens is 162 g/mol. The first-order valence-electron chi connectivity index (χ1n) is 3.30. The summed E-state index contributed by atoms with van der Waals surface area (Å²) >= 11 is 0. The molecule has 0 radical (unpaired) electrons.